The number of benzene rings is 2. The maximum Gasteiger partial charge on any atom is 0.435 e. The molecule has 0 fully saturated rings. The van der Waals surface area contributed by atoms with E-state index in [9.17, 15) is 48.9 Å². The van der Waals surface area contributed by atoms with Gasteiger partial charge in [0, 0.05) is 35.4 Å². The van der Waals surface area contributed by atoms with Crippen molar-refractivity contribution < 1.29 is 57.7 Å². The number of fused-ring (bicyclic) bond motifs is 2. The summed E-state index contributed by atoms with van der Waals surface area (Å²) in [5.74, 6) is -3.07. The van der Waals surface area contributed by atoms with Crippen LogP contribution in [0.5, 0.6) is 0 Å². The second-order valence-corrected chi connectivity index (χ2v) is 18.1. The summed E-state index contributed by atoms with van der Waals surface area (Å²) in [6.07, 6.45) is -8.74. The van der Waals surface area contributed by atoms with Gasteiger partial charge in [-0.2, -0.15) is 45.3 Å². The molecule has 0 saturated heterocycles. The van der Waals surface area contributed by atoms with Gasteiger partial charge < -0.3 is 5.32 Å². The Hall–Kier alpha value is -5.14. The maximum atomic E-state index is 15.3. The number of aromatic nitrogens is 5. The van der Waals surface area contributed by atoms with Crippen molar-refractivity contribution in [2.24, 2.45) is 0 Å². The molecule has 3 atom stereocenters. The van der Waals surface area contributed by atoms with Crippen LogP contribution in [-0.2, 0) is 52.2 Å². The third kappa shape index (κ3) is 10.1. The lowest BCUT2D eigenvalue weighted by Crippen LogP contribution is -2.35. The maximum absolute atomic E-state index is 15.3. The number of carbonyl (C=O) groups excluding carboxylic acids is 2. The predicted molar refractivity (Wildman–Crippen MR) is 216 cm³/mol. The molecule has 3 heterocycles. The highest BCUT2D eigenvalue weighted by Crippen LogP contribution is 2.52. The van der Waals surface area contributed by atoms with Crippen molar-refractivity contribution in [2.75, 3.05) is 16.8 Å². The number of anilines is 1. The first-order valence-electron chi connectivity index (χ1n) is 18.5. The molecule has 23 heteroatoms. The third-order valence-electron chi connectivity index (χ3n) is 9.93. The van der Waals surface area contributed by atoms with Gasteiger partial charge in [-0.1, -0.05) is 30.5 Å². The van der Waals surface area contributed by atoms with Crippen LogP contribution in [-0.4, -0.2) is 64.5 Å². The number of hydrogen-bond acceptors (Lipinski definition) is 7. The summed E-state index contributed by atoms with van der Waals surface area (Å²) in [6.45, 7) is 1.76. The monoisotopic (exact) mass is 949 g/mol. The van der Waals surface area contributed by atoms with Gasteiger partial charge in [-0.25, -0.2) is 22.3 Å². The molecule has 1 N–H and O–H groups in total. The molecule has 336 valence electrons. The Morgan fingerprint density at radius 1 is 1.06 bits per heavy atom. The average Bonchev–Trinajstić information content (AvgIpc) is 3.80. The van der Waals surface area contributed by atoms with E-state index in [0.717, 1.165) is 25.3 Å². The fraction of sp³-hybridized carbons (Fsp3) is 0.375. The zero-order valence-electron chi connectivity index (χ0n) is 33.5. The molecule has 1 aliphatic carbocycles. The Kier molecular flexibility index (Phi) is 13.1. The number of carbonyl (C=O) groups is 2. The number of nitrogens with one attached hydrogen (secondary N) is 1. The van der Waals surface area contributed by atoms with Crippen molar-refractivity contribution in [2.45, 2.75) is 81.7 Å². The first-order chi connectivity index (χ1) is 29.2. The minimum atomic E-state index is -5.17. The fourth-order valence-corrected chi connectivity index (χ4v) is 8.13. The first kappa shape index (κ1) is 47.3. The van der Waals surface area contributed by atoms with E-state index < -0.39 is 112 Å². The minimum Gasteiger partial charge on any atom is -0.346 e. The number of hydrogen-bond donors (Lipinski definition) is 1. The zero-order chi connectivity index (χ0) is 46.6. The Bertz CT molecular complexity index is 2690. The van der Waals surface area contributed by atoms with Crippen molar-refractivity contribution >= 4 is 63.4 Å². The number of halogens is 11. The lowest BCUT2D eigenvalue weighted by Gasteiger charge is -2.23. The van der Waals surface area contributed by atoms with Gasteiger partial charge in [0.25, 0.3) is 5.92 Å². The molecule has 63 heavy (non-hydrogen) atoms. The van der Waals surface area contributed by atoms with Gasteiger partial charge in [-0.15, -0.1) is 11.8 Å². The second-order valence-electron chi connectivity index (χ2n) is 15.0. The molecule has 2 amide bonds. The molecule has 5 aromatic rings. The van der Waals surface area contributed by atoms with Crippen molar-refractivity contribution in [1.29, 1.82) is 0 Å². The third-order valence-corrected chi connectivity index (χ3v) is 12.2. The minimum absolute atomic E-state index is 0.0112. The van der Waals surface area contributed by atoms with Gasteiger partial charge in [-0.3, -0.25) is 19.0 Å². The Morgan fingerprint density at radius 2 is 1.71 bits per heavy atom. The van der Waals surface area contributed by atoms with Crippen LogP contribution in [0.4, 0.5) is 49.7 Å². The van der Waals surface area contributed by atoms with Crippen LogP contribution in [0.15, 0.2) is 42.5 Å². The summed E-state index contributed by atoms with van der Waals surface area (Å²) in [4.78, 5) is 30.8. The van der Waals surface area contributed by atoms with Gasteiger partial charge in [-0.05, 0) is 74.3 Å². The summed E-state index contributed by atoms with van der Waals surface area (Å²) in [7, 11) is -2.17. The lowest BCUT2D eigenvalue weighted by atomic mass is 9.93. The fourth-order valence-electron chi connectivity index (χ4n) is 7.25. The number of alkyl halides is 8. The molecule has 0 aliphatic heterocycles. The molecule has 6 rings (SSSR count). The molecule has 10 nitrogen and oxygen atoms in total. The van der Waals surface area contributed by atoms with Crippen LogP contribution >= 0.6 is 23.4 Å². The summed E-state index contributed by atoms with van der Waals surface area (Å²) in [5, 5.41) is 9.38. The number of amides is 2. The van der Waals surface area contributed by atoms with Gasteiger partial charge in [0.05, 0.1) is 32.4 Å². The van der Waals surface area contributed by atoms with Gasteiger partial charge in [0.15, 0.2) is 11.5 Å². The van der Waals surface area contributed by atoms with Crippen LogP contribution in [0.3, 0.4) is 0 Å². The largest absolute Gasteiger partial charge is 0.435 e. The molecule has 2 unspecified atom stereocenters. The van der Waals surface area contributed by atoms with E-state index in [0.29, 0.717) is 15.1 Å². The quantitative estimate of drug-likeness (QED) is 0.0754. The molecule has 1 aliphatic rings. The molecule has 2 aromatic carbocycles. The summed E-state index contributed by atoms with van der Waals surface area (Å²) >= 11 is 7.92. The van der Waals surface area contributed by atoms with E-state index in [1.54, 1.807) is 20.1 Å². The SMILES string of the molecule is CSC(C)(C)C#Cc1ccc(-c2ccc(Cl)c3c(N(C=O)S(C)=O)nn(CC(F)(F)F)c23)c(C(Cc2cc(F)cc(F)c2)NC(=O)Cn2nc(C(F)(F)F)c3c2C(F)(F)C[C@@H]3C)n1. The number of rotatable bonds is 12. The molecule has 0 saturated carbocycles. The van der Waals surface area contributed by atoms with Crippen LogP contribution in [0, 0.1) is 23.5 Å². The summed E-state index contributed by atoms with van der Waals surface area (Å²) in [5.41, 5.74) is -4.44. The molecular weight excluding hydrogens is 916 g/mol. The normalized spacial score (nSPS) is 16.0. The van der Waals surface area contributed by atoms with Crippen molar-refractivity contribution in [3.8, 4) is 23.0 Å². The van der Waals surface area contributed by atoms with Crippen molar-refractivity contribution in [3.05, 3.63) is 93.0 Å². The van der Waals surface area contributed by atoms with E-state index in [1.165, 1.54) is 36.0 Å². The van der Waals surface area contributed by atoms with E-state index >= 15 is 8.78 Å². The number of nitrogens with zero attached hydrogens (tertiary/aromatic N) is 6. The summed E-state index contributed by atoms with van der Waals surface area (Å²) < 4.78 is 158. The Balaban J connectivity index is 1.61. The van der Waals surface area contributed by atoms with Crippen LogP contribution in [0.1, 0.15) is 73.1 Å². The topological polar surface area (TPSA) is 115 Å². The molecular formula is C40H34ClF10N7O3S2. The van der Waals surface area contributed by atoms with E-state index in [1.807, 2.05) is 0 Å². The van der Waals surface area contributed by atoms with Crippen LogP contribution < -0.4 is 9.62 Å². The average molecular weight is 950 g/mol. The molecule has 0 radical (unpaired) electrons. The van der Waals surface area contributed by atoms with Crippen molar-refractivity contribution in [3.63, 3.8) is 0 Å². The highest BCUT2D eigenvalue weighted by molar-refractivity contribution is 8.00. The van der Waals surface area contributed by atoms with E-state index in [2.05, 4.69) is 32.3 Å². The number of thioether (sulfide) groups is 1. The smallest absolute Gasteiger partial charge is 0.346 e. The van der Waals surface area contributed by atoms with Gasteiger partial charge >= 0.3 is 12.4 Å². The zero-order valence-corrected chi connectivity index (χ0v) is 35.9. The van der Waals surface area contributed by atoms with Gasteiger partial charge in [0.2, 0.25) is 12.3 Å². The van der Waals surface area contributed by atoms with Crippen LogP contribution in [0.2, 0.25) is 5.02 Å². The highest BCUT2D eigenvalue weighted by Gasteiger charge is 2.53. The van der Waals surface area contributed by atoms with E-state index in [4.69, 9.17) is 11.6 Å². The Morgan fingerprint density at radius 3 is 2.30 bits per heavy atom. The molecule has 0 bridgehead atoms. The first-order valence-corrected chi connectivity index (χ1v) is 21.6. The van der Waals surface area contributed by atoms with Gasteiger partial charge in [0.1, 0.15) is 47.1 Å². The molecule has 3 aromatic heterocycles. The standard InChI is InChI=1S/C40H34ClF10N7O3S2/c1-20-16-38(44,45)35-30(20)34(40(49,50)51)54-56(35)17-29(60)53-28(14-21-12-22(42)15-23(43)13-21)32-25(7-6-24(52-32)10-11-37(2,3)62-4)26-8-9-27(41)31-33(26)57(18-39(46,47)48)55-36(31)58(19-59)63(5)61/h6-9,12-13,15,19-20,28H,14,16-18H2,1-5H3,(H,53,60)/t20-,28?,63?/m0/s1. The second kappa shape index (κ2) is 17.4. The lowest BCUT2D eigenvalue weighted by molar-refractivity contribution is -0.143. The number of pyridine rings is 1. The predicted octanol–water partition coefficient (Wildman–Crippen LogP) is 9.26. The molecule has 0 spiro atoms. The summed E-state index contributed by atoms with van der Waals surface area (Å²) in [6, 6.07) is 5.98. The highest BCUT2D eigenvalue weighted by atomic mass is 35.5. The van der Waals surface area contributed by atoms with E-state index in [-0.39, 0.29) is 55.1 Å². The Labute approximate surface area is 364 Å². The van der Waals surface area contributed by atoms with Crippen LogP contribution in [0.25, 0.3) is 22.0 Å². The van der Waals surface area contributed by atoms with Crippen molar-refractivity contribution in [1.82, 2.24) is 29.9 Å².